The molecule has 0 unspecified atom stereocenters. The Balaban J connectivity index is 2.16. The zero-order valence-electron chi connectivity index (χ0n) is 17.8. The lowest BCUT2D eigenvalue weighted by molar-refractivity contribution is -0.121. The second kappa shape index (κ2) is 9.54. The zero-order chi connectivity index (χ0) is 22.6. The number of sulfonamides is 1. The van der Waals surface area contributed by atoms with Crippen LogP contribution in [0.1, 0.15) is 20.3 Å². The molecule has 0 bridgehead atoms. The number of fused-ring (bicyclic) bond motifs is 1. The van der Waals surface area contributed by atoms with Gasteiger partial charge in [0, 0.05) is 34.3 Å². The molecule has 0 saturated heterocycles. The third-order valence-electron chi connectivity index (χ3n) is 4.61. The van der Waals surface area contributed by atoms with Crippen LogP contribution >= 0.6 is 0 Å². The van der Waals surface area contributed by atoms with Crippen molar-refractivity contribution in [1.82, 2.24) is 18.8 Å². The first kappa shape index (κ1) is 23.8. The first-order valence-corrected chi connectivity index (χ1v) is 10.9. The number of likely N-dealkylation sites (N-methyl/N-ethyl adjacent to an activating group) is 1. The smallest absolute Gasteiger partial charge is 0.330 e. The predicted octanol–water partition coefficient (Wildman–Crippen LogP) is -0.211. The maximum absolute atomic E-state index is 12.9. The van der Waals surface area contributed by atoms with E-state index in [0.717, 1.165) is 8.87 Å². The Morgan fingerprint density at radius 2 is 1.87 bits per heavy atom. The number of ether oxygens (including phenoxy) is 1. The molecule has 11 heteroatoms. The Morgan fingerprint density at radius 1 is 1.20 bits per heavy atom. The molecule has 1 N–H and O–H groups in total. The summed E-state index contributed by atoms with van der Waals surface area (Å²) in [5, 5.41) is 2.75. The van der Waals surface area contributed by atoms with Gasteiger partial charge in [-0.25, -0.2) is 13.2 Å². The Kier molecular flexibility index (Phi) is 7.56. The molecule has 0 spiro atoms. The van der Waals surface area contributed by atoms with E-state index < -0.39 is 27.2 Å². The lowest BCUT2D eigenvalue weighted by Crippen LogP contribution is -2.39. The van der Waals surface area contributed by atoms with Crippen molar-refractivity contribution in [2.75, 3.05) is 26.7 Å². The number of nitrogens with one attached hydrogen (secondary N) is 1. The van der Waals surface area contributed by atoms with Crippen molar-refractivity contribution < 1.29 is 17.9 Å². The lowest BCUT2D eigenvalue weighted by atomic mass is 10.2. The highest BCUT2D eigenvalue weighted by Gasteiger charge is 2.24. The van der Waals surface area contributed by atoms with Crippen molar-refractivity contribution >= 4 is 26.8 Å². The molecule has 2 rings (SSSR count). The number of nitrogens with zero attached hydrogens (tertiary/aromatic N) is 3. The average molecular weight is 441 g/mol. The standard InChI is InChI=1S/C19H28N4O6S/c1-13(2)29-10-6-9-20-17(24)12-21(3)30(27,28)14-7-8-16-15(11-14)18(25)23(5)19(26)22(16)4/h7-8,11,13H,6,9-10,12H2,1-5H3,(H,20,24). The molecule has 2 aromatic rings. The fourth-order valence-corrected chi connectivity index (χ4v) is 4.03. The Hall–Kier alpha value is -2.50. The van der Waals surface area contributed by atoms with E-state index in [1.54, 1.807) is 0 Å². The monoisotopic (exact) mass is 440 g/mol. The molecule has 0 aliphatic carbocycles. The highest BCUT2D eigenvalue weighted by molar-refractivity contribution is 7.89. The Morgan fingerprint density at radius 3 is 2.50 bits per heavy atom. The van der Waals surface area contributed by atoms with Crippen LogP contribution in [0.2, 0.25) is 0 Å². The van der Waals surface area contributed by atoms with E-state index in [2.05, 4.69) is 5.32 Å². The number of aryl methyl sites for hydroxylation is 1. The number of carbonyl (C=O) groups is 1. The van der Waals surface area contributed by atoms with Gasteiger partial charge in [-0.1, -0.05) is 0 Å². The normalized spacial score (nSPS) is 12.1. The maximum Gasteiger partial charge on any atom is 0.330 e. The van der Waals surface area contributed by atoms with Crippen LogP contribution in [0.3, 0.4) is 0 Å². The number of carbonyl (C=O) groups excluding carboxylic acids is 1. The minimum Gasteiger partial charge on any atom is -0.379 e. The molecular weight excluding hydrogens is 412 g/mol. The molecule has 1 aromatic heterocycles. The van der Waals surface area contributed by atoms with Gasteiger partial charge in [-0.15, -0.1) is 0 Å². The maximum atomic E-state index is 12.9. The van der Waals surface area contributed by atoms with Crippen molar-refractivity contribution in [2.45, 2.75) is 31.3 Å². The van der Waals surface area contributed by atoms with Gasteiger partial charge in [0.2, 0.25) is 15.9 Å². The van der Waals surface area contributed by atoms with Gasteiger partial charge in [0.05, 0.1) is 28.4 Å². The topological polar surface area (TPSA) is 120 Å². The van der Waals surface area contributed by atoms with E-state index >= 15 is 0 Å². The largest absolute Gasteiger partial charge is 0.379 e. The molecule has 0 saturated carbocycles. The lowest BCUT2D eigenvalue weighted by Gasteiger charge is -2.17. The summed E-state index contributed by atoms with van der Waals surface area (Å²) in [5.41, 5.74) is -0.768. The van der Waals surface area contributed by atoms with Gasteiger partial charge in [0.1, 0.15) is 0 Å². The minimum atomic E-state index is -4.01. The summed E-state index contributed by atoms with van der Waals surface area (Å²) in [7, 11) is 0.107. The molecule has 166 valence electrons. The van der Waals surface area contributed by atoms with Gasteiger partial charge < -0.3 is 10.1 Å². The SMILES string of the molecule is CC(C)OCCCNC(=O)CN(C)S(=O)(=O)c1ccc2c(c1)c(=O)n(C)c(=O)n2C. The molecule has 0 aliphatic heterocycles. The van der Waals surface area contributed by atoms with Crippen molar-refractivity contribution in [3.05, 3.63) is 39.0 Å². The van der Waals surface area contributed by atoms with Crippen LogP contribution in [0.25, 0.3) is 10.9 Å². The predicted molar refractivity (Wildman–Crippen MR) is 113 cm³/mol. The summed E-state index contributed by atoms with van der Waals surface area (Å²) >= 11 is 0. The highest BCUT2D eigenvalue weighted by atomic mass is 32.2. The highest BCUT2D eigenvalue weighted by Crippen LogP contribution is 2.18. The Bertz CT molecular complexity index is 1150. The first-order valence-electron chi connectivity index (χ1n) is 9.51. The minimum absolute atomic E-state index is 0.101. The summed E-state index contributed by atoms with van der Waals surface area (Å²) in [5.74, 6) is -0.440. The van der Waals surface area contributed by atoms with Crippen LogP contribution in [-0.4, -0.2) is 60.6 Å². The van der Waals surface area contributed by atoms with Gasteiger partial charge in [-0.3, -0.25) is 18.7 Å². The van der Waals surface area contributed by atoms with E-state index in [4.69, 9.17) is 4.74 Å². The zero-order valence-corrected chi connectivity index (χ0v) is 18.7. The van der Waals surface area contributed by atoms with Crippen molar-refractivity contribution in [3.63, 3.8) is 0 Å². The second-order valence-electron chi connectivity index (χ2n) is 7.27. The second-order valence-corrected chi connectivity index (χ2v) is 9.31. The van der Waals surface area contributed by atoms with Gasteiger partial charge in [-0.05, 0) is 38.5 Å². The quantitative estimate of drug-likeness (QED) is 0.539. The number of aromatic nitrogens is 2. The first-order chi connectivity index (χ1) is 14.0. The molecule has 0 aliphatic rings. The summed E-state index contributed by atoms with van der Waals surface area (Å²) in [6.07, 6.45) is 0.728. The van der Waals surface area contributed by atoms with Crippen LogP contribution < -0.4 is 16.6 Å². The van der Waals surface area contributed by atoms with Crippen LogP contribution in [-0.2, 0) is 33.7 Å². The molecule has 30 heavy (non-hydrogen) atoms. The van der Waals surface area contributed by atoms with Crippen LogP contribution in [0.4, 0.5) is 0 Å². The van der Waals surface area contributed by atoms with E-state index in [1.807, 2.05) is 13.8 Å². The number of hydrogen-bond acceptors (Lipinski definition) is 6. The number of benzene rings is 1. The molecule has 0 fully saturated rings. The van der Waals surface area contributed by atoms with Crippen LogP contribution in [0.5, 0.6) is 0 Å². The fourth-order valence-electron chi connectivity index (χ4n) is 2.88. The van der Waals surface area contributed by atoms with Crippen molar-refractivity contribution in [2.24, 2.45) is 14.1 Å². The van der Waals surface area contributed by atoms with Crippen LogP contribution in [0.15, 0.2) is 32.7 Å². The summed E-state index contributed by atoms with van der Waals surface area (Å²) in [6, 6.07) is 3.95. The fraction of sp³-hybridized carbons (Fsp3) is 0.526. The number of rotatable bonds is 9. The van der Waals surface area contributed by atoms with Crippen molar-refractivity contribution in [1.29, 1.82) is 0 Å². The Labute approximate surface area is 175 Å². The molecular formula is C19H28N4O6S. The van der Waals surface area contributed by atoms with E-state index in [1.165, 1.54) is 43.9 Å². The summed E-state index contributed by atoms with van der Waals surface area (Å²) in [6.45, 7) is 4.35. The van der Waals surface area contributed by atoms with Gasteiger partial charge in [0.25, 0.3) is 5.56 Å². The van der Waals surface area contributed by atoms with E-state index in [0.29, 0.717) is 25.1 Å². The van der Waals surface area contributed by atoms with E-state index in [-0.39, 0.29) is 22.9 Å². The molecule has 1 aromatic carbocycles. The third kappa shape index (κ3) is 5.15. The summed E-state index contributed by atoms with van der Waals surface area (Å²) in [4.78, 5) is 36.4. The van der Waals surface area contributed by atoms with Crippen molar-refractivity contribution in [3.8, 4) is 0 Å². The van der Waals surface area contributed by atoms with Crippen LogP contribution in [0, 0.1) is 0 Å². The number of amides is 1. The molecule has 10 nitrogen and oxygen atoms in total. The van der Waals surface area contributed by atoms with E-state index in [9.17, 15) is 22.8 Å². The van der Waals surface area contributed by atoms with Gasteiger partial charge >= 0.3 is 5.69 Å². The molecule has 1 amide bonds. The molecule has 1 heterocycles. The molecule has 0 atom stereocenters. The third-order valence-corrected chi connectivity index (χ3v) is 6.41. The number of hydrogen-bond donors (Lipinski definition) is 1. The van der Waals surface area contributed by atoms with Gasteiger partial charge in [0.15, 0.2) is 0 Å². The average Bonchev–Trinajstić information content (AvgIpc) is 2.69. The van der Waals surface area contributed by atoms with Gasteiger partial charge in [-0.2, -0.15) is 4.31 Å². The summed E-state index contributed by atoms with van der Waals surface area (Å²) < 4.78 is 34.2. The molecule has 0 radical (unpaired) electrons.